The van der Waals surface area contributed by atoms with Crippen LogP contribution in [0, 0.1) is 0 Å². The Morgan fingerprint density at radius 1 is 1.00 bits per heavy atom. The van der Waals surface area contributed by atoms with Gasteiger partial charge in [-0.15, -0.1) is 0 Å². The standard InChI is InChI=1S/C24H23N3O3S/c1-17(2)16-31(28,29)27-19-10-13-22-23(15-19)26-24(25-22)14-18-8-11-21(12-9-18)30-20-6-4-3-5-7-20/h3-13,15-16,27H,14H2,1-2H3,(H,25,26)/p+1. The van der Waals surface area contributed by atoms with Crippen molar-refractivity contribution in [3.05, 3.63) is 89.3 Å². The SMILES string of the molecule is CC(C)=CS(=O)(=O)Nc1ccc2c(c1)N=C(Cc1ccc(Oc3ccccc3)cc1)[NH2+]2. The number of benzene rings is 3. The van der Waals surface area contributed by atoms with Gasteiger partial charge in [0.05, 0.1) is 12.1 Å². The highest BCUT2D eigenvalue weighted by molar-refractivity contribution is 7.95. The number of rotatable bonds is 7. The van der Waals surface area contributed by atoms with E-state index in [1.54, 1.807) is 26.0 Å². The lowest BCUT2D eigenvalue weighted by molar-refractivity contribution is -0.440. The second-order valence-corrected chi connectivity index (χ2v) is 9.13. The zero-order valence-electron chi connectivity index (χ0n) is 17.4. The molecule has 0 fully saturated rings. The number of quaternary nitrogens is 1. The minimum absolute atomic E-state index is 0.497. The summed E-state index contributed by atoms with van der Waals surface area (Å²) in [7, 11) is -3.52. The molecule has 1 heterocycles. The van der Waals surface area contributed by atoms with Crippen molar-refractivity contribution in [1.82, 2.24) is 0 Å². The summed E-state index contributed by atoms with van der Waals surface area (Å²) in [5, 5.41) is 3.24. The number of aliphatic imine (C=N–C) groups is 1. The van der Waals surface area contributed by atoms with E-state index in [9.17, 15) is 8.42 Å². The Morgan fingerprint density at radius 3 is 2.42 bits per heavy atom. The fraction of sp³-hybridized carbons (Fsp3) is 0.125. The Bertz CT molecular complexity index is 1240. The zero-order chi connectivity index (χ0) is 21.8. The van der Waals surface area contributed by atoms with Crippen LogP contribution in [0.2, 0.25) is 0 Å². The molecule has 4 rings (SSSR count). The number of sulfonamides is 1. The molecule has 0 spiro atoms. The number of hydrogen-bond acceptors (Lipinski definition) is 4. The number of ether oxygens (including phenoxy) is 1. The van der Waals surface area contributed by atoms with Crippen LogP contribution < -0.4 is 14.8 Å². The smallest absolute Gasteiger partial charge is 0.254 e. The van der Waals surface area contributed by atoms with E-state index in [0.717, 1.165) is 34.3 Å². The largest absolute Gasteiger partial charge is 0.457 e. The summed E-state index contributed by atoms with van der Waals surface area (Å²) in [5.74, 6) is 2.51. The van der Waals surface area contributed by atoms with E-state index in [1.165, 1.54) is 5.41 Å². The second kappa shape index (κ2) is 8.75. The first-order valence-electron chi connectivity index (χ1n) is 9.92. The quantitative estimate of drug-likeness (QED) is 0.532. The van der Waals surface area contributed by atoms with Crippen LogP contribution in [-0.4, -0.2) is 14.3 Å². The van der Waals surface area contributed by atoms with Gasteiger partial charge in [0.15, 0.2) is 5.69 Å². The van der Waals surface area contributed by atoms with Gasteiger partial charge in [-0.3, -0.25) is 10.0 Å². The molecule has 31 heavy (non-hydrogen) atoms. The van der Waals surface area contributed by atoms with Crippen LogP contribution in [0.4, 0.5) is 17.1 Å². The van der Waals surface area contributed by atoms with Crippen LogP contribution in [0.3, 0.4) is 0 Å². The summed E-state index contributed by atoms with van der Waals surface area (Å²) in [6, 6.07) is 23.0. The molecule has 0 aliphatic carbocycles. The van der Waals surface area contributed by atoms with Gasteiger partial charge in [-0.25, -0.2) is 8.42 Å². The van der Waals surface area contributed by atoms with E-state index in [0.29, 0.717) is 17.7 Å². The summed E-state index contributed by atoms with van der Waals surface area (Å²) in [5.41, 5.74) is 4.06. The molecule has 158 valence electrons. The van der Waals surface area contributed by atoms with Crippen molar-refractivity contribution in [3.63, 3.8) is 0 Å². The summed E-state index contributed by atoms with van der Waals surface area (Å²) in [4.78, 5) is 4.67. The first-order valence-corrected chi connectivity index (χ1v) is 11.5. The molecule has 0 atom stereocenters. The highest BCUT2D eigenvalue weighted by atomic mass is 32.2. The molecule has 0 amide bonds. The van der Waals surface area contributed by atoms with E-state index in [1.807, 2.05) is 66.0 Å². The fourth-order valence-electron chi connectivity index (χ4n) is 3.30. The molecule has 3 N–H and O–H groups in total. The van der Waals surface area contributed by atoms with E-state index >= 15 is 0 Å². The van der Waals surface area contributed by atoms with Gasteiger partial charge in [0, 0.05) is 11.5 Å². The Hall–Kier alpha value is -3.42. The molecule has 0 saturated carbocycles. The van der Waals surface area contributed by atoms with E-state index in [4.69, 9.17) is 4.74 Å². The first-order chi connectivity index (χ1) is 14.9. The number of nitrogens with zero attached hydrogens (tertiary/aromatic N) is 1. The maximum atomic E-state index is 12.1. The third-order valence-corrected chi connectivity index (χ3v) is 5.86. The molecular weight excluding hydrogens is 410 g/mol. The predicted molar refractivity (Wildman–Crippen MR) is 124 cm³/mol. The average Bonchev–Trinajstić information content (AvgIpc) is 3.10. The lowest BCUT2D eigenvalue weighted by atomic mass is 10.1. The number of allylic oxidation sites excluding steroid dienone is 1. The van der Waals surface area contributed by atoms with Gasteiger partial charge in [0.25, 0.3) is 10.0 Å². The van der Waals surface area contributed by atoms with E-state index in [2.05, 4.69) is 9.71 Å². The molecular formula is C24H24N3O3S+. The monoisotopic (exact) mass is 434 g/mol. The molecule has 0 radical (unpaired) electrons. The lowest BCUT2D eigenvalue weighted by Gasteiger charge is -2.06. The molecule has 0 bridgehead atoms. The van der Waals surface area contributed by atoms with Crippen molar-refractivity contribution in [2.75, 3.05) is 4.72 Å². The molecule has 7 heteroatoms. The maximum absolute atomic E-state index is 12.1. The molecule has 3 aromatic rings. The molecule has 6 nitrogen and oxygen atoms in total. The van der Waals surface area contributed by atoms with Gasteiger partial charge in [0.1, 0.15) is 17.2 Å². The van der Waals surface area contributed by atoms with Gasteiger partial charge >= 0.3 is 0 Å². The van der Waals surface area contributed by atoms with Crippen molar-refractivity contribution >= 4 is 32.9 Å². The normalized spacial score (nSPS) is 12.6. The third-order valence-electron chi connectivity index (χ3n) is 4.56. The van der Waals surface area contributed by atoms with Crippen LogP contribution in [0.5, 0.6) is 11.5 Å². The molecule has 1 aliphatic rings. The predicted octanol–water partition coefficient (Wildman–Crippen LogP) is 4.63. The van der Waals surface area contributed by atoms with Crippen molar-refractivity contribution in [1.29, 1.82) is 0 Å². The van der Waals surface area contributed by atoms with Crippen LogP contribution in [0.15, 0.2) is 88.8 Å². The van der Waals surface area contributed by atoms with Gasteiger partial charge in [-0.1, -0.05) is 35.9 Å². The van der Waals surface area contributed by atoms with Crippen LogP contribution in [0.25, 0.3) is 0 Å². The summed E-state index contributed by atoms with van der Waals surface area (Å²) in [6.45, 7) is 3.49. The van der Waals surface area contributed by atoms with Gasteiger partial charge < -0.3 is 4.74 Å². The number of nitrogens with two attached hydrogens (primary N) is 1. The second-order valence-electron chi connectivity index (χ2n) is 7.60. The van der Waals surface area contributed by atoms with Crippen LogP contribution in [0.1, 0.15) is 19.4 Å². The third kappa shape index (κ3) is 5.59. The number of anilines is 1. The number of fused-ring (bicyclic) bond motifs is 1. The minimum Gasteiger partial charge on any atom is -0.457 e. The Kier molecular flexibility index (Phi) is 5.88. The van der Waals surface area contributed by atoms with Crippen LogP contribution in [-0.2, 0) is 16.4 Å². The highest BCUT2D eigenvalue weighted by Gasteiger charge is 2.21. The Morgan fingerprint density at radius 2 is 1.71 bits per heavy atom. The minimum atomic E-state index is -3.52. The van der Waals surface area contributed by atoms with E-state index in [-0.39, 0.29) is 0 Å². The van der Waals surface area contributed by atoms with Gasteiger partial charge in [-0.2, -0.15) is 4.99 Å². The van der Waals surface area contributed by atoms with Crippen molar-refractivity contribution in [2.24, 2.45) is 4.99 Å². The Labute approximate surface area is 182 Å². The number of amidine groups is 1. The summed E-state index contributed by atoms with van der Waals surface area (Å²) < 4.78 is 32.6. The molecule has 0 saturated heterocycles. The molecule has 0 aromatic heterocycles. The van der Waals surface area contributed by atoms with Crippen molar-refractivity contribution in [3.8, 4) is 11.5 Å². The maximum Gasteiger partial charge on any atom is 0.254 e. The number of hydrogen-bond donors (Lipinski definition) is 2. The topological polar surface area (TPSA) is 84.4 Å². The van der Waals surface area contributed by atoms with Crippen molar-refractivity contribution < 1.29 is 18.5 Å². The van der Waals surface area contributed by atoms with Gasteiger partial charge in [-0.05, 0) is 55.8 Å². The van der Waals surface area contributed by atoms with Crippen LogP contribution >= 0.6 is 0 Å². The summed E-state index contributed by atoms with van der Waals surface area (Å²) >= 11 is 0. The van der Waals surface area contributed by atoms with Gasteiger partial charge in [0.2, 0.25) is 5.84 Å². The number of para-hydroxylation sites is 1. The first kappa shape index (κ1) is 20.8. The lowest BCUT2D eigenvalue weighted by Crippen LogP contribution is -2.81. The molecule has 0 unspecified atom stereocenters. The molecule has 3 aromatic carbocycles. The highest BCUT2D eigenvalue weighted by Crippen LogP contribution is 2.29. The van der Waals surface area contributed by atoms with E-state index < -0.39 is 10.0 Å². The Balaban J connectivity index is 1.42. The number of nitrogens with one attached hydrogen (secondary N) is 1. The zero-order valence-corrected chi connectivity index (χ0v) is 18.2. The average molecular weight is 435 g/mol. The summed E-state index contributed by atoms with van der Waals surface area (Å²) in [6.07, 6.45) is 0.680. The van der Waals surface area contributed by atoms with Crippen molar-refractivity contribution in [2.45, 2.75) is 20.3 Å². The molecule has 1 aliphatic heterocycles. The fourth-order valence-corrected chi connectivity index (χ4v) is 4.43.